The molecule has 1 aromatic carbocycles. The minimum atomic E-state index is -0.639. The van der Waals surface area contributed by atoms with E-state index < -0.39 is 11.6 Å². The molecular formula is C18H18N4O2. The van der Waals surface area contributed by atoms with Crippen molar-refractivity contribution in [3.8, 4) is 6.07 Å². The van der Waals surface area contributed by atoms with Gasteiger partial charge in [-0.3, -0.25) is 9.59 Å². The van der Waals surface area contributed by atoms with E-state index in [0.29, 0.717) is 12.0 Å². The fourth-order valence-electron chi connectivity index (χ4n) is 3.65. The Bertz CT molecular complexity index is 875. The van der Waals surface area contributed by atoms with Crippen LogP contribution in [-0.4, -0.2) is 39.3 Å². The van der Waals surface area contributed by atoms with Crippen molar-refractivity contribution >= 4 is 22.7 Å². The van der Waals surface area contributed by atoms with E-state index in [9.17, 15) is 14.9 Å². The van der Waals surface area contributed by atoms with Crippen LogP contribution in [0.4, 0.5) is 0 Å². The lowest BCUT2D eigenvalue weighted by molar-refractivity contribution is -0.132. The van der Waals surface area contributed by atoms with Crippen LogP contribution in [-0.2, 0) is 4.79 Å². The number of nitrogens with zero attached hydrogens (tertiary/aromatic N) is 2. The normalized spacial score (nSPS) is 24.8. The van der Waals surface area contributed by atoms with E-state index in [1.807, 2.05) is 25.3 Å². The molecule has 2 aromatic rings. The number of rotatable bonds is 3. The van der Waals surface area contributed by atoms with Crippen molar-refractivity contribution < 1.29 is 9.59 Å². The summed E-state index contributed by atoms with van der Waals surface area (Å²) in [7, 11) is 0. The molecule has 0 radical (unpaired) electrons. The number of hydrogen-bond acceptors (Lipinski definition) is 3. The number of amides is 2. The fraction of sp³-hybridized carbons (Fsp3) is 0.389. The highest BCUT2D eigenvalue weighted by Gasteiger charge is 2.56. The molecule has 24 heavy (non-hydrogen) atoms. The van der Waals surface area contributed by atoms with E-state index in [4.69, 9.17) is 0 Å². The Kier molecular flexibility index (Phi) is 3.14. The van der Waals surface area contributed by atoms with Crippen LogP contribution < -0.4 is 5.32 Å². The molecule has 4 rings (SSSR count). The molecule has 0 spiro atoms. The first-order chi connectivity index (χ1) is 11.5. The molecule has 2 N–H and O–H groups in total. The highest BCUT2D eigenvalue weighted by molar-refractivity contribution is 6.01. The Morgan fingerprint density at radius 1 is 1.42 bits per heavy atom. The average molecular weight is 322 g/mol. The topological polar surface area (TPSA) is 89.0 Å². The molecule has 122 valence electrons. The van der Waals surface area contributed by atoms with Crippen LogP contribution in [0.15, 0.2) is 30.5 Å². The lowest BCUT2D eigenvalue weighted by Gasteiger charge is -2.26. The standard InChI is InChI=1S/C18H18N4O2/c1-11-8-15(17(24)22(11)18(10-19)5-6-18)21-16(23)13-2-3-14-12(9-13)4-7-20-14/h2-4,7,9,11,15,20H,5-6,8H2,1H3,(H,21,23). The molecule has 0 bridgehead atoms. The van der Waals surface area contributed by atoms with Gasteiger partial charge in [0.2, 0.25) is 5.91 Å². The van der Waals surface area contributed by atoms with Gasteiger partial charge < -0.3 is 15.2 Å². The van der Waals surface area contributed by atoms with Gasteiger partial charge in [0.15, 0.2) is 0 Å². The van der Waals surface area contributed by atoms with Gasteiger partial charge in [-0.1, -0.05) is 0 Å². The third-order valence-corrected chi connectivity index (χ3v) is 5.07. The first-order valence-electron chi connectivity index (χ1n) is 8.16. The lowest BCUT2D eigenvalue weighted by atomic mass is 10.1. The lowest BCUT2D eigenvalue weighted by Crippen LogP contribution is -2.46. The molecule has 2 unspecified atom stereocenters. The Balaban J connectivity index is 1.52. The van der Waals surface area contributed by atoms with E-state index >= 15 is 0 Å². The van der Waals surface area contributed by atoms with E-state index in [0.717, 1.165) is 23.7 Å². The summed E-state index contributed by atoms with van der Waals surface area (Å²) >= 11 is 0. The largest absolute Gasteiger partial charge is 0.361 e. The predicted octanol–water partition coefficient (Wildman–Crippen LogP) is 1.94. The number of carbonyl (C=O) groups is 2. The number of hydrogen-bond donors (Lipinski definition) is 2. The Hall–Kier alpha value is -2.81. The Morgan fingerprint density at radius 2 is 2.21 bits per heavy atom. The molecule has 1 saturated carbocycles. The minimum Gasteiger partial charge on any atom is -0.361 e. The number of benzene rings is 1. The smallest absolute Gasteiger partial charge is 0.251 e. The molecule has 2 amide bonds. The third kappa shape index (κ3) is 2.16. The predicted molar refractivity (Wildman–Crippen MR) is 88.1 cm³/mol. The highest BCUT2D eigenvalue weighted by Crippen LogP contribution is 2.45. The highest BCUT2D eigenvalue weighted by atomic mass is 16.2. The number of fused-ring (bicyclic) bond motifs is 1. The van der Waals surface area contributed by atoms with Gasteiger partial charge in [-0.05, 0) is 50.5 Å². The van der Waals surface area contributed by atoms with Crippen molar-refractivity contribution in [3.05, 3.63) is 36.0 Å². The number of likely N-dealkylation sites (tertiary alicyclic amines) is 1. The molecule has 2 atom stereocenters. The van der Waals surface area contributed by atoms with Gasteiger partial charge in [0, 0.05) is 28.7 Å². The van der Waals surface area contributed by atoms with Crippen molar-refractivity contribution in [2.75, 3.05) is 0 Å². The van der Waals surface area contributed by atoms with Crippen LogP contribution in [0.5, 0.6) is 0 Å². The second-order valence-corrected chi connectivity index (χ2v) is 6.74. The molecule has 1 aliphatic carbocycles. The number of nitriles is 1. The summed E-state index contributed by atoms with van der Waals surface area (Å²) in [5.74, 6) is -0.398. The van der Waals surface area contributed by atoms with Crippen LogP contribution in [0, 0.1) is 11.3 Å². The summed E-state index contributed by atoms with van der Waals surface area (Å²) in [6.45, 7) is 1.94. The van der Waals surface area contributed by atoms with E-state index in [-0.39, 0.29) is 17.9 Å². The monoisotopic (exact) mass is 322 g/mol. The maximum absolute atomic E-state index is 12.7. The van der Waals surface area contributed by atoms with Gasteiger partial charge in [0.25, 0.3) is 5.91 Å². The zero-order chi connectivity index (χ0) is 16.9. The van der Waals surface area contributed by atoms with Gasteiger partial charge in [-0.15, -0.1) is 0 Å². The second kappa shape index (κ2) is 5.10. The molecule has 1 aliphatic heterocycles. The van der Waals surface area contributed by atoms with Crippen molar-refractivity contribution in [1.29, 1.82) is 5.26 Å². The number of aromatic amines is 1. The fourth-order valence-corrected chi connectivity index (χ4v) is 3.65. The molecule has 2 heterocycles. The third-order valence-electron chi connectivity index (χ3n) is 5.07. The molecule has 2 aliphatic rings. The summed E-state index contributed by atoms with van der Waals surface area (Å²) in [5.41, 5.74) is 0.857. The zero-order valence-corrected chi connectivity index (χ0v) is 13.4. The Labute approximate surface area is 139 Å². The SMILES string of the molecule is CC1CC(NC(=O)c2ccc3[nH]ccc3c2)C(=O)N1C1(C#N)CC1. The summed E-state index contributed by atoms with van der Waals surface area (Å²) < 4.78 is 0. The Morgan fingerprint density at radius 3 is 2.92 bits per heavy atom. The number of carbonyl (C=O) groups excluding carboxylic acids is 2. The molecule has 6 heteroatoms. The van der Waals surface area contributed by atoms with Gasteiger partial charge in [0.05, 0.1) is 6.07 Å². The first kappa shape index (κ1) is 14.8. The maximum atomic E-state index is 12.7. The number of aromatic nitrogens is 1. The van der Waals surface area contributed by atoms with Crippen LogP contribution in [0.2, 0.25) is 0 Å². The van der Waals surface area contributed by atoms with Crippen LogP contribution >= 0.6 is 0 Å². The van der Waals surface area contributed by atoms with E-state index in [1.165, 1.54) is 0 Å². The second-order valence-electron chi connectivity index (χ2n) is 6.74. The number of H-pyrrole nitrogens is 1. The number of nitrogens with one attached hydrogen (secondary N) is 2. The molecule has 6 nitrogen and oxygen atoms in total. The summed E-state index contributed by atoms with van der Waals surface area (Å²) in [6, 6.07) is 8.98. The van der Waals surface area contributed by atoms with E-state index in [1.54, 1.807) is 17.0 Å². The van der Waals surface area contributed by atoms with Crippen LogP contribution in [0.25, 0.3) is 10.9 Å². The van der Waals surface area contributed by atoms with E-state index in [2.05, 4.69) is 16.4 Å². The first-order valence-corrected chi connectivity index (χ1v) is 8.16. The zero-order valence-electron chi connectivity index (χ0n) is 13.4. The van der Waals surface area contributed by atoms with Crippen LogP contribution in [0.1, 0.15) is 36.5 Å². The van der Waals surface area contributed by atoms with Gasteiger partial charge in [-0.2, -0.15) is 5.26 Å². The quantitative estimate of drug-likeness (QED) is 0.905. The molecule has 2 fully saturated rings. The van der Waals surface area contributed by atoms with Crippen LogP contribution in [0.3, 0.4) is 0 Å². The summed E-state index contributed by atoms with van der Waals surface area (Å²) in [5, 5.41) is 13.1. The van der Waals surface area contributed by atoms with Gasteiger partial charge in [0.1, 0.15) is 11.6 Å². The van der Waals surface area contributed by atoms with Gasteiger partial charge in [-0.25, -0.2) is 0 Å². The van der Waals surface area contributed by atoms with Crippen molar-refractivity contribution in [1.82, 2.24) is 15.2 Å². The van der Waals surface area contributed by atoms with Crippen molar-refractivity contribution in [2.45, 2.75) is 43.8 Å². The van der Waals surface area contributed by atoms with Gasteiger partial charge >= 0.3 is 0 Å². The summed E-state index contributed by atoms with van der Waals surface area (Å²) in [4.78, 5) is 29.9. The van der Waals surface area contributed by atoms with Crippen molar-refractivity contribution in [2.24, 2.45) is 0 Å². The minimum absolute atomic E-state index is 0.0305. The summed E-state index contributed by atoms with van der Waals surface area (Å²) in [6.07, 6.45) is 3.82. The average Bonchev–Trinajstić information content (AvgIpc) is 3.11. The molecular weight excluding hydrogens is 304 g/mol. The molecule has 1 aromatic heterocycles. The van der Waals surface area contributed by atoms with Crippen molar-refractivity contribution in [3.63, 3.8) is 0 Å². The maximum Gasteiger partial charge on any atom is 0.251 e. The molecule has 1 saturated heterocycles.